The van der Waals surface area contributed by atoms with E-state index in [1.165, 1.54) is 0 Å². The zero-order chi connectivity index (χ0) is 13.1. The fraction of sp³-hybridized carbons (Fsp3) is 0.154. The van der Waals surface area contributed by atoms with E-state index in [0.717, 1.165) is 0 Å². The third-order valence-corrected chi connectivity index (χ3v) is 2.40. The SMILES string of the molecule is CCOC(=O)C(C#N)=C1OC(=O)c2ccccc21. The van der Waals surface area contributed by atoms with Crippen LogP contribution in [0.5, 0.6) is 0 Å². The smallest absolute Gasteiger partial charge is 0.352 e. The highest BCUT2D eigenvalue weighted by molar-refractivity contribution is 6.09. The molecule has 0 atom stereocenters. The van der Waals surface area contributed by atoms with Crippen LogP contribution in [-0.4, -0.2) is 18.5 Å². The van der Waals surface area contributed by atoms with E-state index in [2.05, 4.69) is 0 Å². The standard InChI is InChI=1S/C13H9NO4/c1-2-17-12(15)10(7-14)11-8-5-3-4-6-9(8)13(16)18-11/h3-6H,2H2,1H3. The predicted octanol–water partition coefficient (Wildman–Crippen LogP) is 1.65. The van der Waals surface area contributed by atoms with E-state index in [-0.39, 0.29) is 17.9 Å². The molecule has 0 aliphatic carbocycles. The molecule has 90 valence electrons. The highest BCUT2D eigenvalue weighted by Crippen LogP contribution is 2.32. The second-order valence-electron chi connectivity index (χ2n) is 3.47. The molecule has 0 aromatic heterocycles. The molecule has 1 aliphatic rings. The first kappa shape index (κ1) is 11.9. The van der Waals surface area contributed by atoms with Crippen molar-refractivity contribution in [3.63, 3.8) is 0 Å². The third kappa shape index (κ3) is 1.84. The first-order valence-corrected chi connectivity index (χ1v) is 5.32. The van der Waals surface area contributed by atoms with Gasteiger partial charge >= 0.3 is 11.9 Å². The van der Waals surface area contributed by atoms with Gasteiger partial charge in [-0.1, -0.05) is 18.2 Å². The molecule has 0 amide bonds. The van der Waals surface area contributed by atoms with Crippen molar-refractivity contribution in [2.45, 2.75) is 6.92 Å². The highest BCUT2D eigenvalue weighted by Gasteiger charge is 2.31. The fourth-order valence-electron chi connectivity index (χ4n) is 1.64. The molecule has 1 aromatic rings. The Balaban J connectivity index is 2.55. The number of cyclic esters (lactones) is 1. The number of esters is 2. The number of rotatable bonds is 2. The molecule has 0 bridgehead atoms. The maximum absolute atomic E-state index is 11.6. The van der Waals surface area contributed by atoms with Crippen LogP contribution >= 0.6 is 0 Å². The second-order valence-corrected chi connectivity index (χ2v) is 3.47. The Kier molecular flexibility index (Phi) is 3.11. The van der Waals surface area contributed by atoms with E-state index in [4.69, 9.17) is 14.7 Å². The number of hydrogen-bond donors (Lipinski definition) is 0. The second kappa shape index (κ2) is 4.72. The molecule has 0 radical (unpaired) electrons. The first-order chi connectivity index (χ1) is 8.69. The van der Waals surface area contributed by atoms with Gasteiger partial charge in [-0.05, 0) is 13.0 Å². The molecular formula is C13H9NO4. The Morgan fingerprint density at radius 1 is 1.39 bits per heavy atom. The van der Waals surface area contributed by atoms with Crippen LogP contribution in [0, 0.1) is 11.3 Å². The van der Waals surface area contributed by atoms with Crippen LogP contribution in [0.1, 0.15) is 22.8 Å². The van der Waals surface area contributed by atoms with E-state index in [9.17, 15) is 9.59 Å². The van der Waals surface area contributed by atoms with Crippen molar-refractivity contribution >= 4 is 17.7 Å². The van der Waals surface area contributed by atoms with Crippen LogP contribution in [0.2, 0.25) is 0 Å². The monoisotopic (exact) mass is 243 g/mol. The third-order valence-electron chi connectivity index (χ3n) is 2.40. The van der Waals surface area contributed by atoms with Gasteiger partial charge in [-0.25, -0.2) is 9.59 Å². The van der Waals surface area contributed by atoms with Crippen LogP contribution in [0.15, 0.2) is 29.8 Å². The largest absolute Gasteiger partial charge is 0.462 e. The number of carbonyl (C=O) groups is 2. The first-order valence-electron chi connectivity index (χ1n) is 5.32. The van der Waals surface area contributed by atoms with Crippen molar-refractivity contribution in [2.24, 2.45) is 0 Å². The van der Waals surface area contributed by atoms with Gasteiger partial charge in [-0.3, -0.25) is 0 Å². The van der Waals surface area contributed by atoms with E-state index in [0.29, 0.717) is 11.1 Å². The van der Waals surface area contributed by atoms with Gasteiger partial charge in [-0.2, -0.15) is 5.26 Å². The van der Waals surface area contributed by atoms with E-state index in [1.807, 2.05) is 0 Å². The summed E-state index contributed by atoms with van der Waals surface area (Å²) in [4.78, 5) is 23.1. The molecule has 0 saturated carbocycles. The minimum absolute atomic E-state index is 0.0310. The average Bonchev–Trinajstić information content (AvgIpc) is 2.69. The molecule has 5 nitrogen and oxygen atoms in total. The molecule has 1 heterocycles. The normalized spacial score (nSPS) is 15.4. The number of nitrogens with zero attached hydrogens (tertiary/aromatic N) is 1. The summed E-state index contributed by atoms with van der Waals surface area (Å²) in [6.45, 7) is 1.78. The van der Waals surface area contributed by atoms with E-state index >= 15 is 0 Å². The Bertz CT molecular complexity index is 595. The Morgan fingerprint density at radius 2 is 2.06 bits per heavy atom. The summed E-state index contributed by atoms with van der Waals surface area (Å²) >= 11 is 0. The van der Waals surface area contributed by atoms with Gasteiger partial charge < -0.3 is 9.47 Å². The van der Waals surface area contributed by atoms with Crippen LogP contribution < -0.4 is 0 Å². The van der Waals surface area contributed by atoms with E-state index < -0.39 is 11.9 Å². The molecule has 1 aromatic carbocycles. The summed E-state index contributed by atoms with van der Waals surface area (Å²) in [6, 6.07) is 8.28. The molecule has 0 N–H and O–H groups in total. The molecule has 0 unspecified atom stereocenters. The van der Waals surface area contributed by atoms with Gasteiger partial charge in [0.1, 0.15) is 6.07 Å². The number of benzene rings is 1. The van der Waals surface area contributed by atoms with Crippen LogP contribution in [0.25, 0.3) is 5.76 Å². The molecule has 1 aliphatic heterocycles. The van der Waals surface area contributed by atoms with Gasteiger partial charge in [0.2, 0.25) is 0 Å². The molecule has 0 saturated heterocycles. The summed E-state index contributed by atoms with van der Waals surface area (Å²) < 4.78 is 9.72. The van der Waals surface area contributed by atoms with Crippen molar-refractivity contribution in [3.05, 3.63) is 41.0 Å². The van der Waals surface area contributed by atoms with Crippen molar-refractivity contribution in [1.82, 2.24) is 0 Å². The Labute approximate surface area is 103 Å². The highest BCUT2D eigenvalue weighted by atomic mass is 16.6. The number of hydrogen-bond acceptors (Lipinski definition) is 5. The number of ether oxygens (including phenoxy) is 2. The maximum Gasteiger partial charge on any atom is 0.352 e. The lowest BCUT2D eigenvalue weighted by molar-refractivity contribution is -0.138. The molecule has 2 rings (SSSR count). The zero-order valence-corrected chi connectivity index (χ0v) is 9.60. The van der Waals surface area contributed by atoms with Gasteiger partial charge in [-0.15, -0.1) is 0 Å². The predicted molar refractivity (Wildman–Crippen MR) is 61.0 cm³/mol. The Morgan fingerprint density at radius 3 is 2.67 bits per heavy atom. The summed E-state index contributed by atoms with van der Waals surface area (Å²) in [5.74, 6) is -1.39. The summed E-state index contributed by atoms with van der Waals surface area (Å²) in [5.41, 5.74) is 0.479. The lowest BCUT2D eigenvalue weighted by Crippen LogP contribution is -2.08. The summed E-state index contributed by atoms with van der Waals surface area (Å²) in [5, 5.41) is 9.00. The maximum atomic E-state index is 11.6. The van der Waals surface area contributed by atoms with Gasteiger partial charge in [0.15, 0.2) is 11.3 Å². The molecule has 0 fully saturated rings. The molecule has 5 heteroatoms. The quantitative estimate of drug-likeness (QED) is 0.448. The van der Waals surface area contributed by atoms with Gasteiger partial charge in [0.25, 0.3) is 0 Å². The van der Waals surface area contributed by atoms with Crippen LogP contribution in [0.4, 0.5) is 0 Å². The van der Waals surface area contributed by atoms with Crippen LogP contribution in [0.3, 0.4) is 0 Å². The number of fused-ring (bicyclic) bond motifs is 1. The Hall–Kier alpha value is -2.61. The van der Waals surface area contributed by atoms with Crippen molar-refractivity contribution < 1.29 is 19.1 Å². The fourth-order valence-corrected chi connectivity index (χ4v) is 1.64. The van der Waals surface area contributed by atoms with Gasteiger partial charge in [0.05, 0.1) is 12.2 Å². The lowest BCUT2D eigenvalue weighted by Gasteiger charge is -2.03. The number of carbonyl (C=O) groups excluding carboxylic acids is 2. The van der Waals surface area contributed by atoms with Crippen molar-refractivity contribution in [3.8, 4) is 6.07 Å². The minimum Gasteiger partial charge on any atom is -0.462 e. The van der Waals surface area contributed by atoms with E-state index in [1.54, 1.807) is 37.3 Å². The van der Waals surface area contributed by atoms with Gasteiger partial charge in [0, 0.05) is 5.56 Å². The van der Waals surface area contributed by atoms with Crippen molar-refractivity contribution in [2.75, 3.05) is 6.61 Å². The topological polar surface area (TPSA) is 76.4 Å². The molecule has 0 spiro atoms. The summed E-state index contributed by atoms with van der Waals surface area (Å²) in [6.07, 6.45) is 0. The zero-order valence-electron chi connectivity index (χ0n) is 9.60. The average molecular weight is 243 g/mol. The summed E-state index contributed by atoms with van der Waals surface area (Å²) in [7, 11) is 0. The lowest BCUT2D eigenvalue weighted by atomic mass is 10.1. The van der Waals surface area contributed by atoms with Crippen LogP contribution in [-0.2, 0) is 14.3 Å². The van der Waals surface area contributed by atoms with Crippen molar-refractivity contribution in [1.29, 1.82) is 5.26 Å². The molecular weight excluding hydrogens is 234 g/mol. The minimum atomic E-state index is -0.792. The number of nitriles is 1. The molecule has 18 heavy (non-hydrogen) atoms.